The van der Waals surface area contributed by atoms with Gasteiger partial charge < -0.3 is 16.0 Å². The number of thiophene rings is 1. The van der Waals surface area contributed by atoms with Crippen LogP contribution in [0.15, 0.2) is 21.8 Å². The number of carbonyl (C=O) groups excluding carboxylic acids is 2. The Morgan fingerprint density at radius 1 is 1.38 bits per heavy atom. The third kappa shape index (κ3) is 4.95. The zero-order chi connectivity index (χ0) is 18.4. The van der Waals surface area contributed by atoms with E-state index in [2.05, 4.69) is 42.7 Å². The van der Waals surface area contributed by atoms with E-state index in [-0.39, 0.29) is 18.5 Å². The van der Waals surface area contributed by atoms with Crippen molar-refractivity contribution in [3.8, 4) is 0 Å². The molecule has 142 valence electrons. The number of hydrogen-bond acceptors (Lipinski definition) is 5. The highest BCUT2D eigenvalue weighted by Gasteiger charge is 2.27. The first-order chi connectivity index (χ1) is 12.7. The van der Waals surface area contributed by atoms with Crippen LogP contribution in [0, 0.1) is 0 Å². The second-order valence-corrected chi connectivity index (χ2v) is 7.31. The first-order valence-electron chi connectivity index (χ1n) is 8.94. The number of rotatable bonds is 6. The molecule has 1 aromatic heterocycles. The first kappa shape index (κ1) is 18.7. The fraction of sp³-hybridized carbons (Fsp3) is 0.588. The van der Waals surface area contributed by atoms with Crippen molar-refractivity contribution in [1.29, 1.82) is 0 Å². The Bertz CT molecular complexity index is 624. The number of piperidine rings is 1. The highest BCUT2D eigenvalue weighted by Crippen LogP contribution is 2.15. The number of nitrogens with one attached hydrogen (secondary N) is 3. The highest BCUT2D eigenvalue weighted by molar-refractivity contribution is 7.07. The summed E-state index contributed by atoms with van der Waals surface area (Å²) >= 11 is 1.74. The van der Waals surface area contributed by atoms with Crippen molar-refractivity contribution in [3.63, 3.8) is 0 Å². The van der Waals surface area contributed by atoms with E-state index >= 15 is 0 Å². The Hall–Kier alpha value is -2.13. The largest absolute Gasteiger partial charge is 0.355 e. The number of imide groups is 1. The van der Waals surface area contributed by atoms with Crippen molar-refractivity contribution in [2.24, 2.45) is 4.99 Å². The lowest BCUT2D eigenvalue weighted by Gasteiger charge is -2.33. The van der Waals surface area contributed by atoms with Gasteiger partial charge in [-0.05, 0) is 35.2 Å². The maximum absolute atomic E-state index is 11.6. The van der Waals surface area contributed by atoms with Crippen molar-refractivity contribution in [3.05, 3.63) is 22.4 Å². The normalized spacial score (nSPS) is 19.7. The zero-order valence-electron chi connectivity index (χ0n) is 15.0. The molecule has 0 aliphatic carbocycles. The Kier molecular flexibility index (Phi) is 6.45. The zero-order valence-corrected chi connectivity index (χ0v) is 15.8. The Balaban J connectivity index is 1.36. The van der Waals surface area contributed by atoms with Crippen molar-refractivity contribution >= 4 is 29.2 Å². The molecule has 0 aromatic carbocycles. The molecule has 9 heteroatoms. The number of carbonyl (C=O) groups is 2. The SMILES string of the molecule is CN=C(NCCN1C(=O)CNC1=O)NC1CCN(Cc2ccsc2)CC1. The maximum atomic E-state index is 11.6. The molecule has 0 spiro atoms. The number of aliphatic imine (C=N–C) groups is 1. The Morgan fingerprint density at radius 3 is 2.81 bits per heavy atom. The van der Waals surface area contributed by atoms with Crippen LogP contribution in [0.3, 0.4) is 0 Å². The van der Waals surface area contributed by atoms with Crippen molar-refractivity contribution in [2.75, 3.05) is 39.8 Å². The molecule has 0 unspecified atom stereocenters. The van der Waals surface area contributed by atoms with E-state index in [4.69, 9.17) is 0 Å². The van der Waals surface area contributed by atoms with Gasteiger partial charge in [0.2, 0.25) is 5.91 Å². The molecule has 1 aromatic rings. The summed E-state index contributed by atoms with van der Waals surface area (Å²) in [5.41, 5.74) is 1.39. The molecule has 3 heterocycles. The van der Waals surface area contributed by atoms with Crippen molar-refractivity contribution in [1.82, 2.24) is 25.8 Å². The number of amides is 3. The molecule has 8 nitrogen and oxygen atoms in total. The van der Waals surface area contributed by atoms with Crippen LogP contribution >= 0.6 is 11.3 Å². The van der Waals surface area contributed by atoms with Crippen LogP contribution in [0.2, 0.25) is 0 Å². The van der Waals surface area contributed by atoms with Gasteiger partial charge in [0.25, 0.3) is 0 Å². The van der Waals surface area contributed by atoms with E-state index in [1.54, 1.807) is 18.4 Å². The van der Waals surface area contributed by atoms with Gasteiger partial charge in [0.15, 0.2) is 5.96 Å². The van der Waals surface area contributed by atoms with E-state index in [1.807, 2.05) is 0 Å². The molecule has 3 N–H and O–H groups in total. The van der Waals surface area contributed by atoms with Gasteiger partial charge in [-0.3, -0.25) is 19.6 Å². The summed E-state index contributed by atoms with van der Waals surface area (Å²) in [6, 6.07) is 2.25. The monoisotopic (exact) mass is 378 g/mol. The second kappa shape index (κ2) is 9.00. The van der Waals surface area contributed by atoms with Gasteiger partial charge in [-0.1, -0.05) is 0 Å². The van der Waals surface area contributed by atoms with Gasteiger partial charge in [-0.2, -0.15) is 11.3 Å². The van der Waals surface area contributed by atoms with Gasteiger partial charge in [0.1, 0.15) is 0 Å². The highest BCUT2D eigenvalue weighted by atomic mass is 32.1. The smallest absolute Gasteiger partial charge is 0.324 e. The quantitative estimate of drug-likeness (QED) is 0.380. The molecule has 3 amide bonds. The van der Waals surface area contributed by atoms with Crippen molar-refractivity contribution < 1.29 is 9.59 Å². The third-order valence-electron chi connectivity index (χ3n) is 4.70. The van der Waals surface area contributed by atoms with Crippen LogP contribution in [0.1, 0.15) is 18.4 Å². The summed E-state index contributed by atoms with van der Waals surface area (Å²) in [6.07, 6.45) is 2.13. The molecule has 3 rings (SSSR count). The predicted octanol–water partition coefficient (Wildman–Crippen LogP) is 0.429. The minimum absolute atomic E-state index is 0.0930. The van der Waals surface area contributed by atoms with E-state index in [0.717, 1.165) is 32.5 Å². The minimum Gasteiger partial charge on any atom is -0.355 e. The molecule has 0 atom stereocenters. The third-order valence-corrected chi connectivity index (χ3v) is 5.44. The number of hydrogen-bond donors (Lipinski definition) is 3. The molecule has 0 saturated carbocycles. The lowest BCUT2D eigenvalue weighted by molar-refractivity contribution is -0.124. The standard InChI is InChI=1S/C17H26N6O2S/c1-18-16(19-5-8-23-15(24)10-20-17(23)25)21-14-2-6-22(7-3-14)11-13-4-9-26-12-13/h4,9,12,14H,2-3,5-8,10-11H2,1H3,(H,20,25)(H2,18,19,21). The maximum Gasteiger partial charge on any atom is 0.324 e. The summed E-state index contributed by atoms with van der Waals surface area (Å²) in [7, 11) is 1.73. The van der Waals surface area contributed by atoms with Gasteiger partial charge in [0.05, 0.1) is 6.54 Å². The van der Waals surface area contributed by atoms with Crippen LogP contribution in [-0.2, 0) is 11.3 Å². The van der Waals surface area contributed by atoms with E-state index in [0.29, 0.717) is 25.1 Å². The lowest BCUT2D eigenvalue weighted by Crippen LogP contribution is -2.49. The molecular weight excluding hydrogens is 352 g/mol. The molecular formula is C17H26N6O2S. The van der Waals surface area contributed by atoms with E-state index < -0.39 is 0 Å². The van der Waals surface area contributed by atoms with Crippen LogP contribution in [0.25, 0.3) is 0 Å². The van der Waals surface area contributed by atoms with Crippen LogP contribution in [0.5, 0.6) is 0 Å². The second-order valence-electron chi connectivity index (χ2n) is 6.53. The number of guanidine groups is 1. The van der Waals surface area contributed by atoms with Crippen LogP contribution in [-0.4, -0.2) is 73.5 Å². The molecule has 0 bridgehead atoms. The fourth-order valence-corrected chi connectivity index (χ4v) is 3.89. The van der Waals surface area contributed by atoms with Gasteiger partial charge in [0, 0.05) is 45.8 Å². The Morgan fingerprint density at radius 2 is 2.19 bits per heavy atom. The van der Waals surface area contributed by atoms with Gasteiger partial charge >= 0.3 is 6.03 Å². The fourth-order valence-electron chi connectivity index (χ4n) is 3.23. The molecule has 0 radical (unpaired) electrons. The number of likely N-dealkylation sites (tertiary alicyclic amines) is 1. The average Bonchev–Trinajstić information content (AvgIpc) is 3.27. The predicted molar refractivity (Wildman–Crippen MR) is 102 cm³/mol. The summed E-state index contributed by atoms with van der Waals surface area (Å²) < 4.78 is 0. The van der Waals surface area contributed by atoms with Crippen LogP contribution < -0.4 is 16.0 Å². The summed E-state index contributed by atoms with van der Waals surface area (Å²) in [5.74, 6) is 0.533. The van der Waals surface area contributed by atoms with E-state index in [1.165, 1.54) is 10.5 Å². The summed E-state index contributed by atoms with van der Waals surface area (Å²) in [5, 5.41) is 13.5. The van der Waals surface area contributed by atoms with Gasteiger partial charge in [-0.15, -0.1) is 0 Å². The molecule has 2 aliphatic rings. The number of urea groups is 1. The minimum atomic E-state index is -0.322. The molecule has 26 heavy (non-hydrogen) atoms. The van der Waals surface area contributed by atoms with Gasteiger partial charge in [-0.25, -0.2) is 4.79 Å². The van der Waals surface area contributed by atoms with Crippen molar-refractivity contribution in [2.45, 2.75) is 25.4 Å². The lowest BCUT2D eigenvalue weighted by atomic mass is 10.0. The van der Waals surface area contributed by atoms with E-state index in [9.17, 15) is 9.59 Å². The molecule has 2 aliphatic heterocycles. The molecule has 2 fully saturated rings. The first-order valence-corrected chi connectivity index (χ1v) is 9.89. The topological polar surface area (TPSA) is 89.1 Å². The molecule has 2 saturated heterocycles. The summed E-state index contributed by atoms with van der Waals surface area (Å²) in [4.78, 5) is 31.0. The average molecular weight is 379 g/mol. The van der Waals surface area contributed by atoms with Crippen LogP contribution in [0.4, 0.5) is 4.79 Å². The number of nitrogens with zero attached hydrogens (tertiary/aromatic N) is 3. The summed E-state index contributed by atoms with van der Waals surface area (Å²) in [6.45, 7) is 4.06. The Labute approximate surface area is 157 Å².